The molecular weight excluding hydrogens is 254 g/mol. The van der Waals surface area contributed by atoms with Gasteiger partial charge in [-0.1, -0.05) is 34.1 Å². The fraction of sp³-hybridized carbons (Fsp3) is 0.167. The quantitative estimate of drug-likeness (QED) is 0.622. The monoisotopic (exact) mass is 263 g/mol. The van der Waals surface area contributed by atoms with Crippen molar-refractivity contribution in [2.45, 2.75) is 11.8 Å². The fourth-order valence-corrected chi connectivity index (χ4v) is 1.13. The number of allylic oxidation sites excluding steroid dienone is 1. The lowest BCUT2D eigenvalue weighted by molar-refractivity contribution is -0.113. The van der Waals surface area contributed by atoms with E-state index in [1.54, 1.807) is 37.3 Å². The molecule has 1 aromatic rings. The maximum absolute atomic E-state index is 11.3. The van der Waals surface area contributed by atoms with Crippen molar-refractivity contribution < 1.29 is 4.79 Å². The van der Waals surface area contributed by atoms with Crippen LogP contribution in [0.2, 0.25) is 0 Å². The highest BCUT2D eigenvalue weighted by molar-refractivity contribution is 9.10. The Bertz CT molecular complexity index is 412. The first kappa shape index (κ1) is 11.7. The van der Waals surface area contributed by atoms with Crippen LogP contribution in [-0.4, -0.2) is 10.6 Å². The molecule has 15 heavy (non-hydrogen) atoms. The molecule has 0 amide bonds. The van der Waals surface area contributed by atoms with E-state index in [1.807, 2.05) is 6.07 Å². The topological polar surface area (TPSA) is 40.9 Å². The standard InChI is InChI=1S/C12H10BrNO/c1-9(13)12(15)7-6-10-2-4-11(8-14)5-3-10/h2-7,9H,1H3/b7-6+. The van der Waals surface area contributed by atoms with Crippen LogP contribution in [0, 0.1) is 11.3 Å². The van der Waals surface area contributed by atoms with Gasteiger partial charge in [-0.25, -0.2) is 0 Å². The van der Waals surface area contributed by atoms with E-state index in [2.05, 4.69) is 15.9 Å². The number of nitriles is 1. The third-order valence-corrected chi connectivity index (χ3v) is 2.32. The molecule has 0 heterocycles. The molecule has 0 aliphatic heterocycles. The number of hydrogen-bond donors (Lipinski definition) is 0. The summed E-state index contributed by atoms with van der Waals surface area (Å²) in [4.78, 5) is 11.1. The largest absolute Gasteiger partial charge is 0.294 e. The van der Waals surface area contributed by atoms with Crippen molar-refractivity contribution in [3.63, 3.8) is 0 Å². The highest BCUT2D eigenvalue weighted by atomic mass is 79.9. The summed E-state index contributed by atoms with van der Waals surface area (Å²) in [5.74, 6) is 0.0272. The summed E-state index contributed by atoms with van der Waals surface area (Å²) in [6.07, 6.45) is 3.27. The number of rotatable bonds is 3. The van der Waals surface area contributed by atoms with Gasteiger partial charge in [0.1, 0.15) is 0 Å². The van der Waals surface area contributed by atoms with Crippen molar-refractivity contribution in [3.8, 4) is 6.07 Å². The summed E-state index contributed by atoms with van der Waals surface area (Å²) in [6, 6.07) is 9.10. The number of hydrogen-bond acceptors (Lipinski definition) is 2. The molecule has 0 aliphatic rings. The van der Waals surface area contributed by atoms with Crippen molar-refractivity contribution in [1.29, 1.82) is 5.26 Å². The van der Waals surface area contributed by atoms with Crippen LogP contribution < -0.4 is 0 Å². The molecule has 1 atom stereocenters. The van der Waals surface area contributed by atoms with Crippen LogP contribution in [0.5, 0.6) is 0 Å². The van der Waals surface area contributed by atoms with E-state index in [9.17, 15) is 4.79 Å². The first-order valence-corrected chi connectivity index (χ1v) is 5.41. The van der Waals surface area contributed by atoms with Gasteiger partial charge in [0.05, 0.1) is 16.5 Å². The molecule has 0 bridgehead atoms. The number of nitrogens with zero attached hydrogens (tertiary/aromatic N) is 1. The summed E-state index contributed by atoms with van der Waals surface area (Å²) in [5, 5.41) is 8.59. The number of alkyl halides is 1. The van der Waals surface area contributed by atoms with E-state index in [1.165, 1.54) is 6.08 Å². The first-order chi connectivity index (χ1) is 7.13. The number of carbonyl (C=O) groups is 1. The molecule has 0 N–H and O–H groups in total. The Morgan fingerprint density at radius 3 is 2.53 bits per heavy atom. The van der Waals surface area contributed by atoms with E-state index in [-0.39, 0.29) is 10.6 Å². The van der Waals surface area contributed by atoms with Crippen molar-refractivity contribution in [1.82, 2.24) is 0 Å². The molecule has 0 fully saturated rings. The van der Waals surface area contributed by atoms with E-state index < -0.39 is 0 Å². The second-order valence-electron chi connectivity index (χ2n) is 3.09. The molecule has 1 aromatic carbocycles. The van der Waals surface area contributed by atoms with E-state index in [0.29, 0.717) is 5.56 Å². The summed E-state index contributed by atoms with van der Waals surface area (Å²) in [7, 11) is 0. The number of benzene rings is 1. The average molecular weight is 264 g/mol. The van der Waals surface area contributed by atoms with Crippen LogP contribution in [0.4, 0.5) is 0 Å². The lowest BCUT2D eigenvalue weighted by Crippen LogP contribution is -2.04. The van der Waals surface area contributed by atoms with Gasteiger partial charge in [0, 0.05) is 0 Å². The smallest absolute Gasteiger partial charge is 0.169 e. The number of halogens is 1. The minimum Gasteiger partial charge on any atom is -0.294 e. The van der Waals surface area contributed by atoms with Gasteiger partial charge in [-0.2, -0.15) is 5.26 Å². The Labute approximate surface area is 97.4 Å². The molecule has 3 heteroatoms. The predicted molar refractivity (Wildman–Crippen MR) is 63.6 cm³/mol. The summed E-state index contributed by atoms with van der Waals surface area (Å²) in [6.45, 7) is 1.78. The van der Waals surface area contributed by atoms with Crippen molar-refractivity contribution in [2.75, 3.05) is 0 Å². The average Bonchev–Trinajstić information content (AvgIpc) is 2.26. The molecule has 0 radical (unpaired) electrons. The Balaban J connectivity index is 2.74. The van der Waals surface area contributed by atoms with E-state index in [0.717, 1.165) is 5.56 Å². The van der Waals surface area contributed by atoms with Gasteiger partial charge in [0.15, 0.2) is 5.78 Å². The van der Waals surface area contributed by atoms with Crippen LogP contribution >= 0.6 is 15.9 Å². The number of carbonyl (C=O) groups excluding carboxylic acids is 1. The molecule has 0 spiro atoms. The zero-order valence-corrected chi connectivity index (χ0v) is 9.86. The van der Waals surface area contributed by atoms with Crippen LogP contribution in [0.3, 0.4) is 0 Å². The Hall–Kier alpha value is -1.40. The molecule has 0 saturated carbocycles. The second kappa shape index (κ2) is 5.47. The van der Waals surface area contributed by atoms with Crippen molar-refractivity contribution in [3.05, 3.63) is 41.5 Å². The van der Waals surface area contributed by atoms with Crippen LogP contribution in [-0.2, 0) is 4.79 Å². The lowest BCUT2D eigenvalue weighted by Gasteiger charge is -1.95. The molecule has 0 aromatic heterocycles. The van der Waals surface area contributed by atoms with Gasteiger partial charge in [0.2, 0.25) is 0 Å². The lowest BCUT2D eigenvalue weighted by atomic mass is 10.1. The zero-order chi connectivity index (χ0) is 11.3. The maximum Gasteiger partial charge on any atom is 0.169 e. The minimum absolute atomic E-state index is 0.0272. The van der Waals surface area contributed by atoms with E-state index >= 15 is 0 Å². The van der Waals surface area contributed by atoms with Crippen LogP contribution in [0.1, 0.15) is 18.1 Å². The first-order valence-electron chi connectivity index (χ1n) is 4.49. The predicted octanol–water partition coefficient (Wildman–Crippen LogP) is 2.92. The molecule has 1 unspecified atom stereocenters. The molecule has 0 saturated heterocycles. The number of ketones is 1. The summed E-state index contributed by atoms with van der Waals surface area (Å²) >= 11 is 3.19. The van der Waals surface area contributed by atoms with Gasteiger partial charge in [0.25, 0.3) is 0 Å². The van der Waals surface area contributed by atoms with Gasteiger partial charge < -0.3 is 0 Å². The van der Waals surface area contributed by atoms with Crippen LogP contribution in [0.15, 0.2) is 30.3 Å². The van der Waals surface area contributed by atoms with Crippen molar-refractivity contribution >= 4 is 27.8 Å². The molecule has 0 aliphatic carbocycles. The van der Waals surface area contributed by atoms with E-state index in [4.69, 9.17) is 5.26 Å². The Morgan fingerprint density at radius 1 is 1.47 bits per heavy atom. The highest BCUT2D eigenvalue weighted by Gasteiger charge is 2.03. The van der Waals surface area contributed by atoms with Gasteiger partial charge in [-0.15, -0.1) is 0 Å². The Morgan fingerprint density at radius 2 is 2.07 bits per heavy atom. The van der Waals surface area contributed by atoms with Gasteiger partial charge >= 0.3 is 0 Å². The molecular formula is C12H10BrNO. The maximum atomic E-state index is 11.3. The third kappa shape index (κ3) is 3.69. The molecule has 76 valence electrons. The highest BCUT2D eigenvalue weighted by Crippen LogP contribution is 2.07. The Kier molecular flexibility index (Phi) is 4.26. The van der Waals surface area contributed by atoms with Crippen molar-refractivity contribution in [2.24, 2.45) is 0 Å². The van der Waals surface area contributed by atoms with Gasteiger partial charge in [-0.05, 0) is 30.7 Å². The normalized spacial score (nSPS) is 12.3. The fourth-order valence-electron chi connectivity index (χ4n) is 0.980. The summed E-state index contributed by atoms with van der Waals surface area (Å²) in [5.41, 5.74) is 1.53. The van der Waals surface area contributed by atoms with Gasteiger partial charge in [-0.3, -0.25) is 4.79 Å². The molecule has 2 nitrogen and oxygen atoms in total. The minimum atomic E-state index is -0.160. The second-order valence-corrected chi connectivity index (χ2v) is 4.46. The SMILES string of the molecule is CC(Br)C(=O)/C=C/c1ccc(C#N)cc1. The molecule has 1 rings (SSSR count). The zero-order valence-electron chi connectivity index (χ0n) is 8.27. The summed E-state index contributed by atoms with van der Waals surface area (Å²) < 4.78 is 0. The third-order valence-electron chi connectivity index (χ3n) is 1.87. The van der Waals surface area contributed by atoms with Crippen LogP contribution in [0.25, 0.3) is 6.08 Å².